The SMILES string of the molecule is COc1cc(Nc2cc(Oc3ccc(NC(=O)Nc4cc(C(C)(C)C)cc(NS(C)(=O)=O)c4OC)c4ccccc34)ccn2)cc(OC)c1C(=O)NCC(CO)(CO)CO. The molecule has 0 aliphatic heterocycles. The van der Waals surface area contributed by atoms with Crippen LogP contribution in [-0.2, 0) is 15.4 Å². The molecular formula is C42H50N6O11S. The lowest BCUT2D eigenvalue weighted by atomic mass is 9.86. The minimum atomic E-state index is -3.67. The molecule has 4 aromatic carbocycles. The largest absolute Gasteiger partial charge is 0.496 e. The highest BCUT2D eigenvalue weighted by Gasteiger charge is 2.30. The fraction of sp³-hybridized carbons (Fsp3) is 0.310. The first-order valence-corrected chi connectivity index (χ1v) is 20.4. The van der Waals surface area contributed by atoms with E-state index in [0.29, 0.717) is 39.5 Å². The summed E-state index contributed by atoms with van der Waals surface area (Å²) in [5, 5.41) is 41.8. The molecule has 0 aliphatic carbocycles. The molecule has 1 aromatic heterocycles. The number of sulfonamides is 1. The van der Waals surface area contributed by atoms with Gasteiger partial charge in [0.15, 0.2) is 5.75 Å². The van der Waals surface area contributed by atoms with Crippen molar-refractivity contribution >= 4 is 61.3 Å². The summed E-state index contributed by atoms with van der Waals surface area (Å²) >= 11 is 0. The Bertz CT molecular complexity index is 2440. The molecule has 3 amide bonds. The lowest BCUT2D eigenvalue weighted by Crippen LogP contribution is -2.45. The Hall–Kier alpha value is -6.34. The second-order valence-electron chi connectivity index (χ2n) is 15.0. The molecular weight excluding hydrogens is 797 g/mol. The molecule has 18 heteroatoms. The van der Waals surface area contributed by atoms with Crippen LogP contribution in [-0.4, -0.2) is 94.6 Å². The van der Waals surface area contributed by atoms with E-state index in [2.05, 4.69) is 31.0 Å². The Balaban J connectivity index is 1.36. The Morgan fingerprint density at radius 3 is 1.95 bits per heavy atom. The van der Waals surface area contributed by atoms with Gasteiger partial charge in [0, 0.05) is 47.4 Å². The number of aliphatic hydroxyl groups excluding tert-OH is 3. The number of ether oxygens (including phenoxy) is 4. The van der Waals surface area contributed by atoms with Gasteiger partial charge in [0.05, 0.1) is 69.9 Å². The highest BCUT2D eigenvalue weighted by molar-refractivity contribution is 7.92. The number of carbonyl (C=O) groups excluding carboxylic acids is 2. The number of hydrogen-bond acceptors (Lipinski definition) is 13. The van der Waals surface area contributed by atoms with E-state index in [0.717, 1.165) is 11.8 Å². The number of carbonyl (C=O) groups is 2. The zero-order valence-corrected chi connectivity index (χ0v) is 35.1. The molecule has 0 radical (unpaired) electrons. The van der Waals surface area contributed by atoms with Gasteiger partial charge in [0.1, 0.15) is 34.4 Å². The van der Waals surface area contributed by atoms with Crippen LogP contribution in [0.2, 0.25) is 0 Å². The number of rotatable bonds is 17. The molecule has 0 saturated heterocycles. The quantitative estimate of drug-likeness (QED) is 0.0553. The number of fused-ring (bicyclic) bond motifs is 1. The first-order chi connectivity index (χ1) is 28.5. The molecule has 17 nitrogen and oxygen atoms in total. The van der Waals surface area contributed by atoms with Gasteiger partial charge in [-0.15, -0.1) is 0 Å². The molecule has 5 aromatic rings. The van der Waals surface area contributed by atoms with Crippen LogP contribution >= 0.6 is 0 Å². The average Bonchev–Trinajstić information content (AvgIpc) is 3.21. The van der Waals surface area contributed by atoms with Gasteiger partial charge < -0.3 is 55.5 Å². The van der Waals surface area contributed by atoms with E-state index < -0.39 is 52.6 Å². The molecule has 5 rings (SSSR count). The lowest BCUT2D eigenvalue weighted by molar-refractivity contribution is 0.00696. The number of anilines is 5. The van der Waals surface area contributed by atoms with Gasteiger partial charge in [0.25, 0.3) is 5.91 Å². The monoisotopic (exact) mass is 846 g/mol. The molecule has 0 bridgehead atoms. The van der Waals surface area contributed by atoms with Crippen molar-refractivity contribution < 1.29 is 52.3 Å². The number of amides is 3. The topological polar surface area (TPSA) is 239 Å². The summed E-state index contributed by atoms with van der Waals surface area (Å²) in [7, 11) is 0.496. The van der Waals surface area contributed by atoms with E-state index in [9.17, 15) is 33.3 Å². The fourth-order valence-corrected chi connectivity index (χ4v) is 6.65. The zero-order chi connectivity index (χ0) is 43.8. The van der Waals surface area contributed by atoms with Crippen LogP contribution in [0.5, 0.6) is 28.7 Å². The molecule has 0 aliphatic rings. The standard InChI is InChI=1S/C42H50N6O11S/c1-41(2,3)25-16-31(38(58-6)32(17-25)48-60(7,54)55)47-40(53)46-30-12-13-33(29-11-9-8-10-28(29)30)59-27-14-15-43-36(20-27)45-26-18-34(56-4)37(35(19-26)57-5)39(52)44-21-42(22-49,23-50)24-51/h8-20,48-51H,21-24H2,1-7H3,(H,43,45)(H,44,52)(H2,46,47,53). The van der Waals surface area contributed by atoms with Crippen molar-refractivity contribution in [3.63, 3.8) is 0 Å². The third kappa shape index (κ3) is 10.6. The Morgan fingerprint density at radius 2 is 1.37 bits per heavy atom. The van der Waals surface area contributed by atoms with E-state index in [-0.39, 0.29) is 40.7 Å². The Morgan fingerprint density at radius 1 is 0.750 bits per heavy atom. The maximum Gasteiger partial charge on any atom is 0.323 e. The van der Waals surface area contributed by atoms with Gasteiger partial charge in [-0.3, -0.25) is 9.52 Å². The van der Waals surface area contributed by atoms with Gasteiger partial charge in [-0.25, -0.2) is 18.2 Å². The number of methoxy groups -OCH3 is 3. The lowest BCUT2D eigenvalue weighted by Gasteiger charge is -2.27. The minimum absolute atomic E-state index is 0.0612. The van der Waals surface area contributed by atoms with Crippen LogP contribution in [0.4, 0.5) is 33.4 Å². The first kappa shape index (κ1) is 44.8. The molecule has 8 N–H and O–H groups in total. The van der Waals surface area contributed by atoms with Gasteiger partial charge in [-0.1, -0.05) is 45.0 Å². The molecule has 0 saturated carbocycles. The van der Waals surface area contributed by atoms with Crippen LogP contribution in [0.25, 0.3) is 10.8 Å². The van der Waals surface area contributed by atoms with Gasteiger partial charge in [-0.2, -0.15) is 0 Å². The maximum absolute atomic E-state index is 13.5. The highest BCUT2D eigenvalue weighted by atomic mass is 32.2. The molecule has 1 heterocycles. The fourth-order valence-electron chi connectivity index (χ4n) is 6.10. The summed E-state index contributed by atoms with van der Waals surface area (Å²) in [6.07, 6.45) is 2.58. The van der Waals surface area contributed by atoms with E-state index in [1.54, 1.807) is 54.7 Å². The smallest absolute Gasteiger partial charge is 0.323 e. The normalized spacial score (nSPS) is 11.7. The second-order valence-corrected chi connectivity index (χ2v) is 16.7. The van der Waals surface area contributed by atoms with Crippen molar-refractivity contribution in [3.8, 4) is 28.7 Å². The predicted octanol–water partition coefficient (Wildman–Crippen LogP) is 5.80. The van der Waals surface area contributed by atoms with Crippen molar-refractivity contribution in [2.45, 2.75) is 26.2 Å². The zero-order valence-electron chi connectivity index (χ0n) is 34.3. The number of nitrogens with zero attached hydrogens (tertiary/aromatic N) is 1. The number of aromatic nitrogens is 1. The Kier molecular flexibility index (Phi) is 14.0. The first-order valence-electron chi connectivity index (χ1n) is 18.5. The van der Waals surface area contributed by atoms with Crippen LogP contribution < -0.4 is 44.9 Å². The number of aliphatic hydroxyl groups is 3. The van der Waals surface area contributed by atoms with E-state index >= 15 is 0 Å². The third-order valence-electron chi connectivity index (χ3n) is 9.43. The van der Waals surface area contributed by atoms with Gasteiger partial charge in [-0.05, 0) is 41.3 Å². The van der Waals surface area contributed by atoms with Crippen LogP contribution in [0.1, 0.15) is 36.7 Å². The summed E-state index contributed by atoms with van der Waals surface area (Å²) in [6.45, 7) is 4.04. The van der Waals surface area contributed by atoms with Crippen molar-refractivity contribution in [2.24, 2.45) is 5.41 Å². The second kappa shape index (κ2) is 18.7. The summed E-state index contributed by atoms with van der Waals surface area (Å²) in [5.41, 5.74) is 0.502. The van der Waals surface area contributed by atoms with Gasteiger partial charge in [0.2, 0.25) is 10.0 Å². The maximum atomic E-state index is 13.5. The van der Waals surface area contributed by atoms with Crippen LogP contribution in [0.3, 0.4) is 0 Å². The summed E-state index contributed by atoms with van der Waals surface area (Å²) in [5.74, 6) is 1.14. The van der Waals surface area contributed by atoms with E-state index in [4.69, 9.17) is 18.9 Å². The molecule has 60 heavy (non-hydrogen) atoms. The molecule has 0 spiro atoms. The van der Waals surface area contributed by atoms with E-state index in [1.165, 1.54) is 21.3 Å². The minimum Gasteiger partial charge on any atom is -0.496 e. The highest BCUT2D eigenvalue weighted by Crippen LogP contribution is 2.40. The summed E-state index contributed by atoms with van der Waals surface area (Å²) in [6, 6.07) is 20.1. The summed E-state index contributed by atoms with van der Waals surface area (Å²) in [4.78, 5) is 31.2. The number of hydrogen-bond donors (Lipinski definition) is 8. The summed E-state index contributed by atoms with van der Waals surface area (Å²) < 4.78 is 49.8. The molecule has 0 fully saturated rings. The van der Waals surface area contributed by atoms with Crippen molar-refractivity contribution in [3.05, 3.63) is 90.1 Å². The van der Waals surface area contributed by atoms with Crippen molar-refractivity contribution in [1.82, 2.24) is 10.3 Å². The van der Waals surface area contributed by atoms with Crippen molar-refractivity contribution in [2.75, 3.05) is 74.6 Å². The van der Waals surface area contributed by atoms with Gasteiger partial charge >= 0.3 is 6.03 Å². The van der Waals surface area contributed by atoms with Crippen LogP contribution in [0, 0.1) is 5.41 Å². The Labute approximate surface area is 348 Å². The van der Waals surface area contributed by atoms with E-state index in [1.807, 2.05) is 45.0 Å². The molecule has 0 atom stereocenters. The molecule has 0 unspecified atom stereocenters. The third-order valence-corrected chi connectivity index (χ3v) is 10.0. The number of urea groups is 1. The predicted molar refractivity (Wildman–Crippen MR) is 230 cm³/mol. The number of benzene rings is 4. The number of nitrogens with one attached hydrogen (secondary N) is 5. The van der Waals surface area contributed by atoms with Crippen molar-refractivity contribution in [1.29, 1.82) is 0 Å². The number of pyridine rings is 1. The van der Waals surface area contributed by atoms with Crippen LogP contribution in [0.15, 0.2) is 79.0 Å². The average molecular weight is 847 g/mol. The molecule has 320 valence electrons.